The molecule has 0 fully saturated rings. The lowest BCUT2D eigenvalue weighted by Gasteiger charge is -2.16. The Morgan fingerprint density at radius 1 is 0.917 bits per heavy atom. The van der Waals surface area contributed by atoms with Crippen LogP contribution < -0.4 is 5.43 Å². The minimum absolute atomic E-state index is 0.182. The van der Waals surface area contributed by atoms with Gasteiger partial charge >= 0.3 is 0 Å². The Hall–Kier alpha value is -3.14. The highest BCUT2D eigenvalue weighted by Gasteiger charge is 2.22. The molecule has 0 radical (unpaired) electrons. The van der Waals surface area contributed by atoms with E-state index in [-0.39, 0.29) is 5.91 Å². The zero-order valence-corrected chi connectivity index (χ0v) is 13.3. The first-order valence-electron chi connectivity index (χ1n) is 7.73. The van der Waals surface area contributed by atoms with Crippen molar-refractivity contribution in [3.8, 4) is 0 Å². The summed E-state index contributed by atoms with van der Waals surface area (Å²) in [5.41, 5.74) is 5.12. The van der Waals surface area contributed by atoms with Crippen LogP contribution in [0, 0.1) is 0 Å². The third-order valence-electron chi connectivity index (χ3n) is 3.74. The van der Waals surface area contributed by atoms with Gasteiger partial charge in [0.05, 0.1) is 12.2 Å². The second kappa shape index (κ2) is 7.42. The smallest absolute Gasteiger partial charge is 0.252 e. The normalized spacial score (nSPS) is 11.5. The van der Waals surface area contributed by atoms with E-state index < -0.39 is 5.92 Å². The van der Waals surface area contributed by atoms with Crippen LogP contribution in [0.5, 0.6) is 0 Å². The number of hydrogen-bond acceptors (Lipinski definition) is 3. The van der Waals surface area contributed by atoms with E-state index in [0.717, 1.165) is 11.1 Å². The Bertz CT molecular complexity index is 770. The fourth-order valence-electron chi connectivity index (χ4n) is 2.53. The van der Waals surface area contributed by atoms with Gasteiger partial charge in [-0.05, 0) is 30.2 Å². The van der Waals surface area contributed by atoms with Crippen molar-refractivity contribution < 1.29 is 9.21 Å². The zero-order chi connectivity index (χ0) is 16.8. The minimum atomic E-state index is -0.416. The van der Waals surface area contributed by atoms with Crippen molar-refractivity contribution in [2.24, 2.45) is 5.10 Å². The molecule has 0 saturated heterocycles. The van der Waals surface area contributed by atoms with Crippen molar-refractivity contribution in [1.29, 1.82) is 0 Å². The van der Waals surface area contributed by atoms with E-state index in [4.69, 9.17) is 4.42 Å². The molecule has 24 heavy (non-hydrogen) atoms. The summed E-state index contributed by atoms with van der Waals surface area (Å²) in [7, 11) is 0. The molecule has 3 rings (SSSR count). The minimum Gasteiger partial charge on any atom is -0.463 e. The number of hydrazone groups is 1. The Kier molecular flexibility index (Phi) is 4.87. The highest BCUT2D eigenvalue weighted by molar-refractivity contribution is 5.97. The molecule has 120 valence electrons. The van der Waals surface area contributed by atoms with Crippen LogP contribution in [0.25, 0.3) is 0 Å². The van der Waals surface area contributed by atoms with Crippen LogP contribution in [0.1, 0.15) is 29.7 Å². The predicted molar refractivity (Wildman–Crippen MR) is 93.8 cm³/mol. The lowest BCUT2D eigenvalue weighted by molar-refractivity contribution is -0.121. The molecule has 0 bridgehead atoms. The number of rotatable bonds is 5. The number of amides is 1. The van der Waals surface area contributed by atoms with Crippen LogP contribution in [-0.2, 0) is 4.79 Å². The van der Waals surface area contributed by atoms with Crippen LogP contribution in [0.15, 0.2) is 88.6 Å². The van der Waals surface area contributed by atoms with Crippen molar-refractivity contribution >= 4 is 11.6 Å². The number of hydrogen-bond donors (Lipinski definition) is 1. The highest BCUT2D eigenvalue weighted by atomic mass is 16.3. The molecule has 0 aliphatic carbocycles. The van der Waals surface area contributed by atoms with Gasteiger partial charge in [0.25, 0.3) is 5.91 Å². The summed E-state index contributed by atoms with van der Waals surface area (Å²) in [6.45, 7) is 1.79. The molecule has 1 amide bonds. The average Bonchev–Trinajstić information content (AvgIpc) is 3.16. The molecule has 1 N–H and O–H groups in total. The van der Waals surface area contributed by atoms with E-state index in [1.807, 2.05) is 60.7 Å². The molecule has 4 heteroatoms. The zero-order valence-electron chi connectivity index (χ0n) is 13.3. The van der Waals surface area contributed by atoms with Crippen molar-refractivity contribution in [3.63, 3.8) is 0 Å². The largest absolute Gasteiger partial charge is 0.463 e. The Morgan fingerprint density at radius 2 is 1.50 bits per heavy atom. The Morgan fingerprint density at radius 3 is 2.00 bits per heavy atom. The fourth-order valence-corrected chi connectivity index (χ4v) is 2.53. The lowest BCUT2D eigenvalue weighted by atomic mass is 9.91. The van der Waals surface area contributed by atoms with Gasteiger partial charge in [-0.15, -0.1) is 0 Å². The highest BCUT2D eigenvalue weighted by Crippen LogP contribution is 2.24. The summed E-state index contributed by atoms with van der Waals surface area (Å²) in [6, 6.07) is 22.9. The van der Waals surface area contributed by atoms with Crippen LogP contribution >= 0.6 is 0 Å². The van der Waals surface area contributed by atoms with Gasteiger partial charge in [0, 0.05) is 0 Å². The van der Waals surface area contributed by atoms with E-state index in [2.05, 4.69) is 10.5 Å². The molecule has 0 aliphatic heterocycles. The molecular weight excluding hydrogens is 300 g/mol. The number of furan rings is 1. The number of carbonyl (C=O) groups is 1. The first kappa shape index (κ1) is 15.7. The SMILES string of the molecule is C/C(=N/NC(=O)C(c1ccccc1)c1ccccc1)c1ccco1. The van der Waals surface area contributed by atoms with E-state index in [1.165, 1.54) is 0 Å². The van der Waals surface area contributed by atoms with Gasteiger partial charge < -0.3 is 4.42 Å². The van der Waals surface area contributed by atoms with E-state index in [9.17, 15) is 4.79 Å². The maximum atomic E-state index is 12.8. The van der Waals surface area contributed by atoms with Crippen LogP contribution in [-0.4, -0.2) is 11.6 Å². The quantitative estimate of drug-likeness (QED) is 0.572. The first-order valence-corrected chi connectivity index (χ1v) is 7.73. The maximum absolute atomic E-state index is 12.8. The van der Waals surface area contributed by atoms with Gasteiger partial charge in [-0.3, -0.25) is 4.79 Å². The van der Waals surface area contributed by atoms with E-state index >= 15 is 0 Å². The number of nitrogens with zero attached hydrogens (tertiary/aromatic N) is 1. The molecule has 0 unspecified atom stereocenters. The molecule has 0 atom stereocenters. The summed E-state index contributed by atoms with van der Waals surface area (Å²) >= 11 is 0. The molecule has 1 aromatic heterocycles. The number of carbonyl (C=O) groups excluding carboxylic acids is 1. The van der Waals surface area contributed by atoms with E-state index in [0.29, 0.717) is 11.5 Å². The lowest BCUT2D eigenvalue weighted by Crippen LogP contribution is -2.27. The molecule has 4 nitrogen and oxygen atoms in total. The fraction of sp³-hybridized carbons (Fsp3) is 0.100. The van der Waals surface area contributed by atoms with Crippen molar-refractivity contribution in [2.45, 2.75) is 12.8 Å². The second-order valence-corrected chi connectivity index (χ2v) is 5.40. The first-order chi connectivity index (χ1) is 11.8. The van der Waals surface area contributed by atoms with Gasteiger partial charge in [0.1, 0.15) is 11.5 Å². The molecule has 1 heterocycles. The van der Waals surface area contributed by atoms with Gasteiger partial charge in [-0.1, -0.05) is 60.7 Å². The van der Waals surface area contributed by atoms with Gasteiger partial charge in [0.15, 0.2) is 0 Å². The number of nitrogens with one attached hydrogen (secondary N) is 1. The molecule has 3 aromatic rings. The topological polar surface area (TPSA) is 54.6 Å². The van der Waals surface area contributed by atoms with Gasteiger partial charge in [-0.2, -0.15) is 5.10 Å². The van der Waals surface area contributed by atoms with Crippen molar-refractivity contribution in [2.75, 3.05) is 0 Å². The van der Waals surface area contributed by atoms with Crippen molar-refractivity contribution in [3.05, 3.63) is 95.9 Å². The second-order valence-electron chi connectivity index (χ2n) is 5.40. The third kappa shape index (κ3) is 3.60. The standard InChI is InChI=1S/C20H18N2O2/c1-15(18-13-8-14-24-18)21-22-20(23)19(16-9-4-2-5-10-16)17-11-6-3-7-12-17/h2-14,19H,1H3,(H,22,23)/b21-15-. The van der Waals surface area contributed by atoms with Gasteiger partial charge in [-0.25, -0.2) is 5.43 Å². The van der Waals surface area contributed by atoms with Crippen molar-refractivity contribution in [1.82, 2.24) is 5.43 Å². The maximum Gasteiger partial charge on any atom is 0.252 e. The predicted octanol–water partition coefficient (Wildman–Crippen LogP) is 3.95. The Labute approximate surface area is 140 Å². The molecule has 0 aliphatic rings. The summed E-state index contributed by atoms with van der Waals surface area (Å²) in [5.74, 6) is 0.0325. The molecule has 0 spiro atoms. The summed E-state index contributed by atoms with van der Waals surface area (Å²) in [6.07, 6.45) is 1.58. The van der Waals surface area contributed by atoms with Crippen LogP contribution in [0.2, 0.25) is 0 Å². The van der Waals surface area contributed by atoms with Crippen LogP contribution in [0.4, 0.5) is 0 Å². The van der Waals surface area contributed by atoms with E-state index in [1.54, 1.807) is 25.3 Å². The van der Waals surface area contributed by atoms with Gasteiger partial charge in [0.2, 0.25) is 0 Å². The average molecular weight is 318 g/mol. The molecular formula is C20H18N2O2. The third-order valence-corrected chi connectivity index (χ3v) is 3.74. The number of benzene rings is 2. The van der Waals surface area contributed by atoms with Crippen LogP contribution in [0.3, 0.4) is 0 Å². The molecule has 2 aromatic carbocycles. The summed E-state index contributed by atoms with van der Waals surface area (Å²) < 4.78 is 5.28. The molecule has 0 saturated carbocycles. The summed E-state index contributed by atoms with van der Waals surface area (Å²) in [4.78, 5) is 12.8. The summed E-state index contributed by atoms with van der Waals surface area (Å²) in [5, 5.41) is 4.16. The monoisotopic (exact) mass is 318 g/mol. The Balaban J connectivity index is 1.86.